The molecule has 0 aromatic rings. The van der Waals surface area contributed by atoms with E-state index in [1.54, 1.807) is 6.08 Å². The summed E-state index contributed by atoms with van der Waals surface area (Å²) in [4.78, 5) is 2.27. The van der Waals surface area contributed by atoms with E-state index in [1.807, 2.05) is 26.0 Å². The van der Waals surface area contributed by atoms with Crippen LogP contribution in [0.5, 0.6) is 0 Å². The molecule has 0 radical (unpaired) electrons. The summed E-state index contributed by atoms with van der Waals surface area (Å²) in [6.45, 7) is 15.8. The van der Waals surface area contributed by atoms with E-state index in [9.17, 15) is 0 Å². The molecule has 1 fully saturated rings. The average Bonchev–Trinajstić information content (AvgIpc) is 2.30. The van der Waals surface area contributed by atoms with Gasteiger partial charge in [-0.05, 0) is 6.08 Å². The first-order valence-electron chi connectivity index (χ1n) is 5.28. The molecule has 0 bridgehead atoms. The van der Waals surface area contributed by atoms with Gasteiger partial charge in [-0.15, -0.1) is 0 Å². The number of nitrogens with one attached hydrogen (secondary N) is 1. The molecule has 2 nitrogen and oxygen atoms in total. The van der Waals surface area contributed by atoms with Crippen LogP contribution in [0, 0.1) is 0 Å². The Labute approximate surface area is 88.0 Å². The molecule has 0 aromatic heterocycles. The highest BCUT2D eigenvalue weighted by molar-refractivity contribution is 5.17. The van der Waals surface area contributed by atoms with Crippen LogP contribution in [0.2, 0.25) is 0 Å². The molecular formula is C12H22N2. The van der Waals surface area contributed by atoms with Crippen LogP contribution in [0.25, 0.3) is 0 Å². The van der Waals surface area contributed by atoms with Gasteiger partial charge in [0.2, 0.25) is 0 Å². The zero-order chi connectivity index (χ0) is 10.8. The van der Waals surface area contributed by atoms with E-state index >= 15 is 0 Å². The zero-order valence-corrected chi connectivity index (χ0v) is 9.42. The summed E-state index contributed by atoms with van der Waals surface area (Å²) in [6, 6.07) is 0. The Morgan fingerprint density at radius 3 is 2.36 bits per heavy atom. The first kappa shape index (κ1) is 13.0. The Hall–Kier alpha value is -1.02. The predicted molar refractivity (Wildman–Crippen MR) is 64.3 cm³/mol. The van der Waals surface area contributed by atoms with Crippen molar-refractivity contribution in [3.8, 4) is 0 Å². The van der Waals surface area contributed by atoms with Crippen LogP contribution in [-0.2, 0) is 0 Å². The van der Waals surface area contributed by atoms with Crippen LogP contribution in [0.3, 0.4) is 0 Å². The fraction of sp³-hybridized carbons (Fsp3) is 0.500. The van der Waals surface area contributed by atoms with Crippen molar-refractivity contribution in [2.75, 3.05) is 26.2 Å². The Morgan fingerprint density at radius 1 is 1.29 bits per heavy atom. The molecule has 1 aliphatic rings. The smallest absolute Gasteiger partial charge is 0.0303 e. The second kappa shape index (κ2) is 8.57. The van der Waals surface area contributed by atoms with E-state index < -0.39 is 0 Å². The van der Waals surface area contributed by atoms with Gasteiger partial charge in [-0.1, -0.05) is 39.2 Å². The summed E-state index contributed by atoms with van der Waals surface area (Å²) < 4.78 is 0. The third-order valence-corrected chi connectivity index (χ3v) is 1.95. The second-order valence-electron chi connectivity index (χ2n) is 2.82. The number of hydrogen-bond acceptors (Lipinski definition) is 2. The van der Waals surface area contributed by atoms with E-state index in [1.165, 1.54) is 0 Å². The molecule has 80 valence electrons. The minimum Gasteiger partial charge on any atom is -0.369 e. The molecule has 1 heterocycles. The summed E-state index contributed by atoms with van der Waals surface area (Å²) in [5.41, 5.74) is 1.08. The fourth-order valence-corrected chi connectivity index (χ4v) is 1.24. The zero-order valence-electron chi connectivity index (χ0n) is 9.42. The van der Waals surface area contributed by atoms with Crippen molar-refractivity contribution in [2.45, 2.75) is 13.8 Å². The highest BCUT2D eigenvalue weighted by atomic mass is 15.2. The van der Waals surface area contributed by atoms with Gasteiger partial charge in [0.1, 0.15) is 0 Å². The lowest BCUT2D eigenvalue weighted by Gasteiger charge is -2.29. The van der Waals surface area contributed by atoms with Gasteiger partial charge in [-0.3, -0.25) is 0 Å². The maximum absolute atomic E-state index is 3.98. The van der Waals surface area contributed by atoms with Gasteiger partial charge in [0.25, 0.3) is 0 Å². The van der Waals surface area contributed by atoms with Gasteiger partial charge in [0, 0.05) is 31.9 Å². The number of nitrogens with zero attached hydrogens (tertiary/aromatic N) is 1. The van der Waals surface area contributed by atoms with Crippen molar-refractivity contribution in [2.24, 2.45) is 0 Å². The first-order valence-corrected chi connectivity index (χ1v) is 5.28. The Balaban J connectivity index is 0.000000791. The predicted octanol–water partition coefficient (Wildman–Crippen LogP) is 2.17. The van der Waals surface area contributed by atoms with Crippen molar-refractivity contribution >= 4 is 0 Å². The van der Waals surface area contributed by atoms with E-state index in [-0.39, 0.29) is 0 Å². The number of hydrogen-bond donors (Lipinski definition) is 1. The molecule has 0 atom stereocenters. The minimum atomic E-state index is 1.06. The highest BCUT2D eigenvalue weighted by Gasteiger charge is 2.08. The van der Waals surface area contributed by atoms with Gasteiger partial charge in [-0.25, -0.2) is 0 Å². The Bertz CT molecular complexity index is 188. The van der Waals surface area contributed by atoms with Crippen molar-refractivity contribution in [3.63, 3.8) is 0 Å². The average molecular weight is 194 g/mol. The largest absolute Gasteiger partial charge is 0.369 e. The van der Waals surface area contributed by atoms with Crippen LogP contribution in [-0.4, -0.2) is 31.1 Å². The molecule has 0 aromatic carbocycles. The van der Waals surface area contributed by atoms with E-state index in [0.717, 1.165) is 31.9 Å². The third kappa shape index (κ3) is 4.87. The van der Waals surface area contributed by atoms with Crippen LogP contribution in [0.4, 0.5) is 0 Å². The fourth-order valence-electron chi connectivity index (χ4n) is 1.24. The molecule has 1 aliphatic heterocycles. The summed E-state index contributed by atoms with van der Waals surface area (Å²) in [5, 5.41) is 3.30. The van der Waals surface area contributed by atoms with E-state index in [0.29, 0.717) is 0 Å². The monoisotopic (exact) mass is 194 g/mol. The van der Waals surface area contributed by atoms with Crippen LogP contribution >= 0.6 is 0 Å². The lowest BCUT2D eigenvalue weighted by Crippen LogP contribution is -2.42. The van der Waals surface area contributed by atoms with Crippen molar-refractivity contribution in [3.05, 3.63) is 37.1 Å². The number of piperazine rings is 1. The lowest BCUT2D eigenvalue weighted by molar-refractivity contribution is 0.308. The Kier molecular flexibility index (Phi) is 7.95. The standard InChI is InChI=1S/C10H16N2.C2H6/c1-3-4-5-10(2)12-8-6-11-7-9-12;1-2/h3-5,11H,1-2,6-9H2;1-2H3/b5-4-;. The summed E-state index contributed by atoms with van der Waals surface area (Å²) in [6.07, 6.45) is 5.69. The number of rotatable bonds is 3. The highest BCUT2D eigenvalue weighted by Crippen LogP contribution is 2.04. The molecular weight excluding hydrogens is 172 g/mol. The maximum Gasteiger partial charge on any atom is 0.0303 e. The van der Waals surface area contributed by atoms with Crippen LogP contribution < -0.4 is 5.32 Å². The molecule has 1 saturated heterocycles. The molecule has 0 spiro atoms. The maximum atomic E-state index is 3.98. The SMILES string of the molecule is C=C/C=C\C(=C)N1CCNCC1.CC. The van der Waals surface area contributed by atoms with Crippen molar-refractivity contribution in [1.29, 1.82) is 0 Å². The van der Waals surface area contributed by atoms with Gasteiger partial charge < -0.3 is 10.2 Å². The van der Waals surface area contributed by atoms with E-state index in [4.69, 9.17) is 0 Å². The summed E-state index contributed by atoms with van der Waals surface area (Å²) in [7, 11) is 0. The first-order chi connectivity index (χ1) is 6.84. The topological polar surface area (TPSA) is 15.3 Å². The van der Waals surface area contributed by atoms with Crippen molar-refractivity contribution in [1.82, 2.24) is 10.2 Å². The normalized spacial score (nSPS) is 16.0. The molecule has 0 aliphatic carbocycles. The van der Waals surface area contributed by atoms with Gasteiger partial charge in [0.15, 0.2) is 0 Å². The van der Waals surface area contributed by atoms with Gasteiger partial charge in [0.05, 0.1) is 0 Å². The van der Waals surface area contributed by atoms with Gasteiger partial charge >= 0.3 is 0 Å². The third-order valence-electron chi connectivity index (χ3n) is 1.95. The molecule has 1 N–H and O–H groups in total. The summed E-state index contributed by atoms with van der Waals surface area (Å²) >= 11 is 0. The quantitative estimate of drug-likeness (QED) is 0.693. The molecule has 2 heteroatoms. The van der Waals surface area contributed by atoms with Crippen LogP contribution in [0.15, 0.2) is 37.1 Å². The second-order valence-corrected chi connectivity index (χ2v) is 2.82. The molecule has 0 amide bonds. The molecule has 1 rings (SSSR count). The van der Waals surface area contributed by atoms with Crippen molar-refractivity contribution < 1.29 is 0 Å². The van der Waals surface area contributed by atoms with E-state index in [2.05, 4.69) is 23.4 Å². The summed E-state index contributed by atoms with van der Waals surface area (Å²) in [5.74, 6) is 0. The lowest BCUT2D eigenvalue weighted by atomic mass is 10.3. The molecule has 0 unspecified atom stereocenters. The van der Waals surface area contributed by atoms with Gasteiger partial charge in [-0.2, -0.15) is 0 Å². The molecule has 14 heavy (non-hydrogen) atoms. The minimum absolute atomic E-state index is 1.06. The molecule has 0 saturated carbocycles. The van der Waals surface area contributed by atoms with Crippen LogP contribution in [0.1, 0.15) is 13.8 Å². The Morgan fingerprint density at radius 2 is 1.86 bits per heavy atom. The number of allylic oxidation sites excluding steroid dienone is 3.